The van der Waals surface area contributed by atoms with Crippen LogP contribution in [0.1, 0.15) is 16.7 Å². The summed E-state index contributed by atoms with van der Waals surface area (Å²) in [5.74, 6) is 0. The Morgan fingerprint density at radius 1 is 0.414 bits per heavy atom. The van der Waals surface area contributed by atoms with Crippen LogP contribution in [0.2, 0.25) is 0 Å². The fourth-order valence-electron chi connectivity index (χ4n) is 3.20. The van der Waals surface area contributed by atoms with Crippen molar-refractivity contribution in [1.82, 2.24) is 0 Å². The molecule has 0 spiro atoms. The molecule has 0 bridgehead atoms. The molecule has 144 valence electrons. The molecule has 0 radical (unpaired) electrons. The largest absolute Gasteiger partial charge is 0.0901 e. The van der Waals surface area contributed by atoms with Crippen molar-refractivity contribution in [3.63, 3.8) is 0 Å². The van der Waals surface area contributed by atoms with Crippen LogP contribution in [0.3, 0.4) is 0 Å². The van der Waals surface area contributed by atoms with Crippen LogP contribution in [0.4, 0.5) is 0 Å². The molecule has 29 heavy (non-hydrogen) atoms. The minimum Gasteiger partial charge on any atom is -0.0901 e. The Labute approximate surface area is 182 Å². The fourth-order valence-corrected chi connectivity index (χ4v) is 5.05. The van der Waals surface area contributed by atoms with Gasteiger partial charge in [0.15, 0.2) is 0 Å². The minimum absolute atomic E-state index is 1.26. The van der Waals surface area contributed by atoms with E-state index < -0.39 is 0 Å². The van der Waals surface area contributed by atoms with E-state index in [1.54, 1.807) is 0 Å². The molecule has 2 heteroatoms. The standard InChI is InChI=1S/C27H24S2/c1-19-7-11-24(12-8-19)28-26-6-4-5-22(17-26)23-15-21(3)16-27(18-23)29-25-13-9-20(2)10-14-25/h4-18H,1-3H3. The highest BCUT2D eigenvalue weighted by Gasteiger charge is 2.06. The van der Waals surface area contributed by atoms with Gasteiger partial charge in [-0.05, 0) is 86.0 Å². The Morgan fingerprint density at radius 3 is 1.59 bits per heavy atom. The molecule has 4 aromatic rings. The number of benzene rings is 4. The zero-order valence-electron chi connectivity index (χ0n) is 17.0. The Hall–Kier alpha value is -2.42. The van der Waals surface area contributed by atoms with E-state index in [1.165, 1.54) is 47.4 Å². The van der Waals surface area contributed by atoms with Crippen LogP contribution in [0.15, 0.2) is 111 Å². The predicted octanol–water partition coefficient (Wildman–Crippen LogP) is 8.58. The van der Waals surface area contributed by atoms with Gasteiger partial charge in [0.2, 0.25) is 0 Å². The molecule has 0 saturated heterocycles. The molecule has 0 aliphatic carbocycles. The van der Waals surface area contributed by atoms with Gasteiger partial charge in [0, 0.05) is 19.6 Å². The molecule has 0 nitrogen and oxygen atoms in total. The van der Waals surface area contributed by atoms with E-state index in [2.05, 4.69) is 112 Å². The summed E-state index contributed by atoms with van der Waals surface area (Å²) in [7, 11) is 0. The third-order valence-electron chi connectivity index (χ3n) is 4.73. The van der Waals surface area contributed by atoms with Crippen LogP contribution in [0.5, 0.6) is 0 Å². The summed E-state index contributed by atoms with van der Waals surface area (Å²) in [5.41, 5.74) is 6.40. The molecule has 4 rings (SSSR count). The third kappa shape index (κ3) is 5.35. The second-order valence-corrected chi connectivity index (χ2v) is 9.69. The summed E-state index contributed by atoms with van der Waals surface area (Å²) in [6, 6.07) is 33.1. The smallest absolute Gasteiger partial charge is 0.0131 e. The summed E-state index contributed by atoms with van der Waals surface area (Å²) in [6.07, 6.45) is 0. The van der Waals surface area contributed by atoms with Gasteiger partial charge in [-0.15, -0.1) is 0 Å². The lowest BCUT2D eigenvalue weighted by Gasteiger charge is -2.10. The summed E-state index contributed by atoms with van der Waals surface area (Å²) in [6.45, 7) is 6.42. The molecular weight excluding hydrogens is 388 g/mol. The quantitative estimate of drug-likeness (QED) is 0.322. The predicted molar refractivity (Wildman–Crippen MR) is 127 cm³/mol. The summed E-state index contributed by atoms with van der Waals surface area (Å²) in [5, 5.41) is 0. The van der Waals surface area contributed by atoms with Crippen LogP contribution < -0.4 is 0 Å². The first kappa shape index (κ1) is 19.9. The SMILES string of the molecule is Cc1ccc(Sc2cccc(-c3cc(C)cc(Sc4ccc(C)cc4)c3)c2)cc1. The van der Waals surface area contributed by atoms with Crippen molar-refractivity contribution in [3.8, 4) is 11.1 Å². The zero-order chi connectivity index (χ0) is 20.2. The van der Waals surface area contributed by atoms with Gasteiger partial charge in [0.05, 0.1) is 0 Å². The molecule has 0 aromatic heterocycles. The van der Waals surface area contributed by atoms with Crippen molar-refractivity contribution in [1.29, 1.82) is 0 Å². The van der Waals surface area contributed by atoms with E-state index in [-0.39, 0.29) is 0 Å². The third-order valence-corrected chi connectivity index (χ3v) is 6.71. The molecule has 4 aromatic carbocycles. The van der Waals surface area contributed by atoms with Crippen LogP contribution in [-0.2, 0) is 0 Å². The van der Waals surface area contributed by atoms with Gasteiger partial charge in [0.1, 0.15) is 0 Å². The summed E-state index contributed by atoms with van der Waals surface area (Å²) >= 11 is 3.63. The lowest BCUT2D eigenvalue weighted by molar-refractivity contribution is 1.33. The lowest BCUT2D eigenvalue weighted by atomic mass is 10.0. The number of rotatable bonds is 5. The van der Waals surface area contributed by atoms with Gasteiger partial charge in [-0.1, -0.05) is 77.1 Å². The van der Waals surface area contributed by atoms with Crippen molar-refractivity contribution in [2.45, 2.75) is 40.4 Å². The Morgan fingerprint density at radius 2 is 0.966 bits per heavy atom. The average molecular weight is 413 g/mol. The summed E-state index contributed by atoms with van der Waals surface area (Å²) < 4.78 is 0. The second-order valence-electron chi connectivity index (χ2n) is 7.39. The van der Waals surface area contributed by atoms with Gasteiger partial charge < -0.3 is 0 Å². The van der Waals surface area contributed by atoms with Gasteiger partial charge in [-0.3, -0.25) is 0 Å². The zero-order valence-corrected chi connectivity index (χ0v) is 18.6. The first-order valence-electron chi connectivity index (χ1n) is 9.76. The number of hydrogen-bond donors (Lipinski definition) is 0. The van der Waals surface area contributed by atoms with Gasteiger partial charge >= 0.3 is 0 Å². The molecule has 0 amide bonds. The highest BCUT2D eigenvalue weighted by Crippen LogP contribution is 2.35. The fraction of sp³-hybridized carbons (Fsp3) is 0.111. The lowest BCUT2D eigenvalue weighted by Crippen LogP contribution is -1.84. The Balaban J connectivity index is 1.60. The Kier molecular flexibility index (Phi) is 6.13. The molecular formula is C27H24S2. The van der Waals surface area contributed by atoms with Gasteiger partial charge in [-0.2, -0.15) is 0 Å². The normalized spacial score (nSPS) is 10.9. The van der Waals surface area contributed by atoms with E-state index in [4.69, 9.17) is 0 Å². The average Bonchev–Trinajstić information content (AvgIpc) is 2.71. The van der Waals surface area contributed by atoms with Crippen LogP contribution in [0.25, 0.3) is 11.1 Å². The Bertz CT molecular complexity index is 1110. The van der Waals surface area contributed by atoms with Crippen molar-refractivity contribution in [3.05, 3.63) is 108 Å². The van der Waals surface area contributed by atoms with Crippen molar-refractivity contribution < 1.29 is 0 Å². The topological polar surface area (TPSA) is 0 Å². The first-order chi connectivity index (χ1) is 14.0. The van der Waals surface area contributed by atoms with Gasteiger partial charge in [0.25, 0.3) is 0 Å². The monoisotopic (exact) mass is 412 g/mol. The van der Waals surface area contributed by atoms with Gasteiger partial charge in [-0.25, -0.2) is 0 Å². The molecule has 0 aliphatic rings. The molecule has 0 heterocycles. The van der Waals surface area contributed by atoms with E-state index in [0.29, 0.717) is 0 Å². The van der Waals surface area contributed by atoms with Crippen LogP contribution in [0, 0.1) is 20.8 Å². The minimum atomic E-state index is 1.26. The maximum absolute atomic E-state index is 2.30. The second kappa shape index (κ2) is 8.94. The maximum atomic E-state index is 2.30. The maximum Gasteiger partial charge on any atom is 0.0131 e. The number of aryl methyl sites for hydroxylation is 3. The van der Waals surface area contributed by atoms with Crippen LogP contribution >= 0.6 is 23.5 Å². The van der Waals surface area contributed by atoms with Crippen molar-refractivity contribution >= 4 is 23.5 Å². The summed E-state index contributed by atoms with van der Waals surface area (Å²) in [4.78, 5) is 5.09. The molecule has 0 aliphatic heterocycles. The molecule has 0 fully saturated rings. The molecule has 0 atom stereocenters. The van der Waals surface area contributed by atoms with Crippen LogP contribution in [-0.4, -0.2) is 0 Å². The van der Waals surface area contributed by atoms with Crippen molar-refractivity contribution in [2.24, 2.45) is 0 Å². The van der Waals surface area contributed by atoms with Crippen molar-refractivity contribution in [2.75, 3.05) is 0 Å². The molecule has 0 N–H and O–H groups in total. The molecule has 0 unspecified atom stereocenters. The van der Waals surface area contributed by atoms with E-state index >= 15 is 0 Å². The molecule has 0 saturated carbocycles. The number of hydrogen-bond acceptors (Lipinski definition) is 2. The van der Waals surface area contributed by atoms with E-state index in [1.807, 2.05) is 23.5 Å². The highest BCUT2D eigenvalue weighted by molar-refractivity contribution is 7.99. The van der Waals surface area contributed by atoms with E-state index in [0.717, 1.165) is 0 Å². The van der Waals surface area contributed by atoms with E-state index in [9.17, 15) is 0 Å². The first-order valence-corrected chi connectivity index (χ1v) is 11.4. The highest BCUT2D eigenvalue weighted by atomic mass is 32.2.